The van der Waals surface area contributed by atoms with E-state index in [0.717, 1.165) is 22.4 Å². The van der Waals surface area contributed by atoms with E-state index in [1.54, 1.807) is 30.3 Å². The van der Waals surface area contributed by atoms with Gasteiger partial charge < -0.3 is 10.1 Å². The lowest BCUT2D eigenvalue weighted by Crippen LogP contribution is -2.15. The molecular weight excluding hydrogens is 376 g/mol. The van der Waals surface area contributed by atoms with Crippen LogP contribution in [0.25, 0.3) is 0 Å². The molecule has 0 aliphatic rings. The van der Waals surface area contributed by atoms with E-state index < -0.39 is 10.0 Å². The van der Waals surface area contributed by atoms with Gasteiger partial charge >= 0.3 is 0 Å². The van der Waals surface area contributed by atoms with Gasteiger partial charge in [-0.05, 0) is 67.8 Å². The molecule has 3 aromatic rings. The second-order valence-electron chi connectivity index (χ2n) is 6.44. The summed E-state index contributed by atoms with van der Waals surface area (Å²) in [6.07, 6.45) is 0. The van der Waals surface area contributed by atoms with Gasteiger partial charge in [0.1, 0.15) is 10.6 Å². The van der Waals surface area contributed by atoms with Crippen LogP contribution in [0.15, 0.2) is 53.4 Å². The lowest BCUT2D eigenvalue weighted by Gasteiger charge is -2.12. The van der Waals surface area contributed by atoms with Crippen LogP contribution in [0.5, 0.6) is 5.75 Å². The lowest BCUT2D eigenvalue weighted by atomic mass is 10.1. The van der Waals surface area contributed by atoms with Crippen LogP contribution >= 0.6 is 0 Å². The lowest BCUT2D eigenvalue weighted by molar-refractivity contribution is 0.402. The topological polar surface area (TPSA) is 93.2 Å². The molecule has 2 N–H and O–H groups in total. The number of methoxy groups -OCH3 is 1. The first kappa shape index (κ1) is 19.6. The van der Waals surface area contributed by atoms with E-state index in [1.165, 1.54) is 7.11 Å². The summed E-state index contributed by atoms with van der Waals surface area (Å²) in [5.74, 6) is 0.902. The van der Waals surface area contributed by atoms with E-state index >= 15 is 0 Å². The van der Waals surface area contributed by atoms with Gasteiger partial charge in [0.25, 0.3) is 10.0 Å². The third kappa shape index (κ3) is 4.23. The van der Waals surface area contributed by atoms with Crippen LogP contribution < -0.4 is 14.8 Å². The number of aryl methyl sites for hydroxylation is 2. The molecule has 2 aromatic carbocycles. The molecule has 0 fully saturated rings. The first-order valence-corrected chi connectivity index (χ1v) is 10.1. The van der Waals surface area contributed by atoms with Crippen molar-refractivity contribution in [3.05, 3.63) is 65.2 Å². The second kappa shape index (κ2) is 7.85. The number of ether oxygens (including phenoxy) is 1. The Morgan fingerprint density at radius 2 is 1.64 bits per heavy atom. The van der Waals surface area contributed by atoms with Gasteiger partial charge in [0, 0.05) is 5.69 Å². The van der Waals surface area contributed by atoms with Crippen molar-refractivity contribution in [1.82, 2.24) is 10.2 Å². The molecule has 0 aliphatic heterocycles. The minimum Gasteiger partial charge on any atom is -0.495 e. The molecule has 7 nitrogen and oxygen atoms in total. The summed E-state index contributed by atoms with van der Waals surface area (Å²) in [4.78, 5) is 0.0504. The highest BCUT2D eigenvalue weighted by Crippen LogP contribution is 2.27. The van der Waals surface area contributed by atoms with Gasteiger partial charge in [-0.15, -0.1) is 10.2 Å². The zero-order valence-electron chi connectivity index (χ0n) is 16.1. The van der Waals surface area contributed by atoms with Crippen molar-refractivity contribution in [3.8, 4) is 5.75 Å². The van der Waals surface area contributed by atoms with Crippen LogP contribution in [-0.4, -0.2) is 25.7 Å². The van der Waals surface area contributed by atoms with Gasteiger partial charge in [0.2, 0.25) is 0 Å². The van der Waals surface area contributed by atoms with E-state index in [1.807, 2.05) is 39.0 Å². The molecular formula is C20H22N4O3S. The standard InChI is InChI=1S/C20H22N4O3S/c1-13-8-9-17(27-4)18(12-13)28(25,26)24-20-11-10-19(22-23-20)21-16-7-5-6-14(2)15(16)3/h5-12H,1-4H3,(H,21,22)(H,23,24). The SMILES string of the molecule is COc1ccc(C)cc1S(=O)(=O)Nc1ccc(Nc2cccc(C)c2C)nn1. The van der Waals surface area contributed by atoms with Crippen LogP contribution in [0, 0.1) is 20.8 Å². The van der Waals surface area contributed by atoms with Crippen molar-refractivity contribution in [2.24, 2.45) is 0 Å². The van der Waals surface area contributed by atoms with Crippen molar-refractivity contribution in [2.75, 3.05) is 17.1 Å². The maximum atomic E-state index is 12.7. The number of nitrogens with one attached hydrogen (secondary N) is 2. The second-order valence-corrected chi connectivity index (χ2v) is 8.09. The first-order chi connectivity index (χ1) is 13.3. The minimum atomic E-state index is -3.86. The van der Waals surface area contributed by atoms with Crippen LogP contribution in [0.4, 0.5) is 17.3 Å². The smallest absolute Gasteiger partial charge is 0.266 e. The third-order valence-corrected chi connectivity index (χ3v) is 5.76. The van der Waals surface area contributed by atoms with Crippen molar-refractivity contribution in [1.29, 1.82) is 0 Å². The zero-order chi connectivity index (χ0) is 20.3. The number of sulfonamides is 1. The third-order valence-electron chi connectivity index (χ3n) is 4.38. The molecule has 146 valence electrons. The summed E-state index contributed by atoms with van der Waals surface area (Å²) in [7, 11) is -2.43. The quantitative estimate of drug-likeness (QED) is 0.653. The fourth-order valence-corrected chi connectivity index (χ4v) is 3.92. The van der Waals surface area contributed by atoms with E-state index in [-0.39, 0.29) is 16.5 Å². The molecule has 8 heteroatoms. The van der Waals surface area contributed by atoms with Gasteiger partial charge in [-0.3, -0.25) is 4.72 Å². The maximum Gasteiger partial charge on any atom is 0.266 e. The van der Waals surface area contributed by atoms with Crippen molar-refractivity contribution in [2.45, 2.75) is 25.7 Å². The zero-order valence-corrected chi connectivity index (χ0v) is 17.0. The summed E-state index contributed by atoms with van der Waals surface area (Å²) in [5.41, 5.74) is 4.00. The number of hydrogen-bond acceptors (Lipinski definition) is 6. The van der Waals surface area contributed by atoms with Crippen molar-refractivity contribution >= 4 is 27.3 Å². The predicted octanol–water partition coefficient (Wildman–Crippen LogP) is 3.95. The molecule has 0 radical (unpaired) electrons. The average Bonchev–Trinajstić information content (AvgIpc) is 2.67. The van der Waals surface area contributed by atoms with Gasteiger partial charge in [0.05, 0.1) is 7.11 Å². The summed E-state index contributed by atoms with van der Waals surface area (Å²) in [6.45, 7) is 5.86. The number of anilines is 3. The molecule has 1 aromatic heterocycles. The molecule has 0 saturated heterocycles. The van der Waals surface area contributed by atoms with E-state index in [0.29, 0.717) is 5.82 Å². The summed E-state index contributed by atoms with van der Waals surface area (Å²) >= 11 is 0. The number of hydrogen-bond donors (Lipinski definition) is 2. The molecule has 0 aliphatic carbocycles. The highest BCUT2D eigenvalue weighted by Gasteiger charge is 2.20. The normalized spacial score (nSPS) is 11.1. The monoisotopic (exact) mass is 398 g/mol. The van der Waals surface area contributed by atoms with Gasteiger partial charge in [0.15, 0.2) is 11.6 Å². The van der Waals surface area contributed by atoms with Crippen LogP contribution in [0.1, 0.15) is 16.7 Å². The number of benzene rings is 2. The Labute approximate surface area is 164 Å². The van der Waals surface area contributed by atoms with Gasteiger partial charge in [-0.25, -0.2) is 8.42 Å². The van der Waals surface area contributed by atoms with Crippen molar-refractivity contribution in [3.63, 3.8) is 0 Å². The van der Waals surface area contributed by atoms with Gasteiger partial charge in [-0.2, -0.15) is 0 Å². The summed E-state index contributed by atoms with van der Waals surface area (Å²) < 4.78 is 33.0. The number of rotatable bonds is 6. The number of nitrogens with zero attached hydrogens (tertiary/aromatic N) is 2. The Bertz CT molecular complexity index is 1100. The highest BCUT2D eigenvalue weighted by atomic mass is 32.2. The molecule has 0 spiro atoms. The average molecular weight is 398 g/mol. The molecule has 0 amide bonds. The largest absolute Gasteiger partial charge is 0.495 e. The van der Waals surface area contributed by atoms with Crippen molar-refractivity contribution < 1.29 is 13.2 Å². The Hall–Kier alpha value is -3.13. The molecule has 0 saturated carbocycles. The van der Waals surface area contributed by atoms with E-state index in [4.69, 9.17) is 4.74 Å². The number of aromatic nitrogens is 2. The molecule has 0 bridgehead atoms. The van der Waals surface area contributed by atoms with Crippen LogP contribution in [0.2, 0.25) is 0 Å². The summed E-state index contributed by atoms with van der Waals surface area (Å²) in [5, 5.41) is 11.2. The summed E-state index contributed by atoms with van der Waals surface area (Å²) in [6, 6.07) is 14.1. The maximum absolute atomic E-state index is 12.7. The fourth-order valence-electron chi connectivity index (χ4n) is 2.66. The molecule has 28 heavy (non-hydrogen) atoms. The minimum absolute atomic E-state index is 0.0504. The van der Waals surface area contributed by atoms with Crippen LogP contribution in [-0.2, 0) is 10.0 Å². The van der Waals surface area contributed by atoms with E-state index in [9.17, 15) is 8.42 Å². The Balaban J connectivity index is 1.81. The van der Waals surface area contributed by atoms with Gasteiger partial charge in [-0.1, -0.05) is 18.2 Å². The Morgan fingerprint density at radius 3 is 2.32 bits per heavy atom. The highest BCUT2D eigenvalue weighted by molar-refractivity contribution is 7.92. The fraction of sp³-hybridized carbons (Fsp3) is 0.200. The van der Waals surface area contributed by atoms with Crippen LogP contribution in [0.3, 0.4) is 0 Å². The predicted molar refractivity (Wildman–Crippen MR) is 110 cm³/mol. The Morgan fingerprint density at radius 1 is 0.929 bits per heavy atom. The molecule has 1 heterocycles. The Kier molecular flexibility index (Phi) is 5.51. The molecule has 0 unspecified atom stereocenters. The molecule has 3 rings (SSSR count). The first-order valence-electron chi connectivity index (χ1n) is 8.64. The van der Waals surface area contributed by atoms with E-state index in [2.05, 4.69) is 20.2 Å². The molecule has 0 atom stereocenters.